The molecule has 14 heteroatoms. The van der Waals surface area contributed by atoms with Gasteiger partial charge in [-0.05, 0) is 136 Å². The fourth-order valence-electron chi connectivity index (χ4n) is 14.8. The number of ketones is 2. The molecule has 2 aromatic carbocycles. The Kier molecular flexibility index (Phi) is 13.1. The highest BCUT2D eigenvalue weighted by Crippen LogP contribution is 2.68. The number of phenols is 1. The molecular formula is C61H71N5O9. The van der Waals surface area contributed by atoms with E-state index in [1.807, 2.05) is 30.0 Å². The molecule has 1 saturated heterocycles. The minimum atomic E-state index is -1.46. The second-order valence-corrected chi connectivity index (χ2v) is 22.9. The van der Waals surface area contributed by atoms with Crippen molar-refractivity contribution in [3.05, 3.63) is 122 Å². The molecule has 2 saturated carbocycles. The van der Waals surface area contributed by atoms with Gasteiger partial charge in [-0.3, -0.25) is 28.9 Å². The summed E-state index contributed by atoms with van der Waals surface area (Å²) >= 11 is 0. The van der Waals surface area contributed by atoms with Gasteiger partial charge >= 0.3 is 5.97 Å². The van der Waals surface area contributed by atoms with Crippen molar-refractivity contribution in [2.45, 2.75) is 142 Å². The number of pyridine rings is 2. The first kappa shape index (κ1) is 50.8. The van der Waals surface area contributed by atoms with Gasteiger partial charge < -0.3 is 34.1 Å². The topological polar surface area (TPSA) is 172 Å². The highest BCUT2D eigenvalue weighted by molar-refractivity contribution is 5.93. The molecule has 0 spiro atoms. The Bertz CT molecular complexity index is 3180. The van der Waals surface area contributed by atoms with E-state index in [0.29, 0.717) is 99.4 Å². The number of rotatable bonds is 13. The van der Waals surface area contributed by atoms with E-state index in [9.17, 15) is 34.2 Å². The molecule has 5 heterocycles. The molecule has 0 bridgehead atoms. The Morgan fingerprint density at radius 3 is 2.48 bits per heavy atom. The Morgan fingerprint density at radius 2 is 1.75 bits per heavy atom. The van der Waals surface area contributed by atoms with Crippen LogP contribution in [0.15, 0.2) is 88.5 Å². The lowest BCUT2D eigenvalue weighted by molar-refractivity contribution is -0.182. The molecule has 6 atom stereocenters. The summed E-state index contributed by atoms with van der Waals surface area (Å²) in [4.78, 5) is 77.6. The van der Waals surface area contributed by atoms with Gasteiger partial charge in [0, 0.05) is 105 Å². The number of hydrogen-bond donors (Lipinski definition) is 2. The molecule has 4 aliphatic carbocycles. The van der Waals surface area contributed by atoms with Crippen molar-refractivity contribution < 1.29 is 38.9 Å². The second kappa shape index (κ2) is 19.3. The van der Waals surface area contributed by atoms with Gasteiger partial charge in [-0.2, -0.15) is 0 Å². The zero-order valence-corrected chi connectivity index (χ0v) is 44.3. The number of anilines is 1. The van der Waals surface area contributed by atoms with Crippen LogP contribution in [0.4, 0.5) is 5.69 Å². The minimum absolute atomic E-state index is 0.0395. The average Bonchev–Trinajstić information content (AvgIpc) is 4.04. The molecule has 1 amide bonds. The number of allylic oxidation sites excluding steroid dienone is 4. The van der Waals surface area contributed by atoms with E-state index in [4.69, 9.17) is 14.5 Å². The number of Topliss-reactive ketones (excluding diaryl/α,β-unsaturated/α-hetero) is 1. The number of carbonyl (C=O) groups excluding carboxylic acids is 4. The number of fused-ring (bicyclic) bond motifs is 9. The van der Waals surface area contributed by atoms with Crippen LogP contribution < -0.4 is 10.5 Å². The number of amides is 1. The van der Waals surface area contributed by atoms with Crippen molar-refractivity contribution in [2.24, 2.45) is 17.3 Å². The number of hydrogen-bond acceptors (Lipinski definition) is 12. The SMILES string of the molecule is C=C1OCc2c(cc3n(c2=O)Cc2cc4c(CN5CCN(C(=O)CCCCCN(C)c6ccc([C@H]7C[C@@]8(C)[C@@H](CC[C@]8(OC(C)=O)C(C)=O)[C@@H]8CCC9=CC(=O)CCC9=C87)cc6)CC5)c(O)ccc4nc2-3)[C@@]1(O)CC. The fourth-order valence-corrected chi connectivity index (χ4v) is 14.8. The average molecular weight is 1020 g/mol. The molecule has 11 rings (SSSR count). The maximum atomic E-state index is 13.8. The summed E-state index contributed by atoms with van der Waals surface area (Å²) in [7, 11) is 2.11. The van der Waals surface area contributed by atoms with Crippen LogP contribution in [0.25, 0.3) is 22.3 Å². The number of aromatic hydroxyl groups is 1. The van der Waals surface area contributed by atoms with Crippen LogP contribution in [0, 0.1) is 17.3 Å². The predicted molar refractivity (Wildman–Crippen MR) is 286 cm³/mol. The van der Waals surface area contributed by atoms with Crippen molar-refractivity contribution in [2.75, 3.05) is 44.7 Å². The zero-order chi connectivity index (χ0) is 52.7. The number of piperazine rings is 1. The highest BCUT2D eigenvalue weighted by atomic mass is 16.6. The van der Waals surface area contributed by atoms with E-state index in [2.05, 4.69) is 54.6 Å². The number of esters is 1. The van der Waals surface area contributed by atoms with Gasteiger partial charge in [0.05, 0.1) is 29.0 Å². The molecule has 394 valence electrons. The molecule has 75 heavy (non-hydrogen) atoms. The van der Waals surface area contributed by atoms with Crippen LogP contribution in [-0.4, -0.2) is 98.4 Å². The van der Waals surface area contributed by atoms with E-state index >= 15 is 0 Å². The van der Waals surface area contributed by atoms with E-state index in [1.165, 1.54) is 29.2 Å². The first-order valence-electron chi connectivity index (χ1n) is 27.4. The Balaban J connectivity index is 0.688. The lowest BCUT2D eigenvalue weighted by Gasteiger charge is -2.55. The van der Waals surface area contributed by atoms with Gasteiger partial charge in [0.2, 0.25) is 5.91 Å². The number of aromatic nitrogens is 2. The van der Waals surface area contributed by atoms with Gasteiger partial charge in [0.1, 0.15) is 23.7 Å². The molecule has 2 N–H and O–H groups in total. The molecule has 7 aliphatic rings. The maximum Gasteiger partial charge on any atom is 0.303 e. The number of carbonyl (C=O) groups is 4. The van der Waals surface area contributed by atoms with Gasteiger partial charge in [0.25, 0.3) is 5.56 Å². The smallest absolute Gasteiger partial charge is 0.303 e. The van der Waals surface area contributed by atoms with Gasteiger partial charge in [-0.15, -0.1) is 0 Å². The van der Waals surface area contributed by atoms with Crippen LogP contribution in [0.5, 0.6) is 5.75 Å². The van der Waals surface area contributed by atoms with E-state index in [1.54, 1.807) is 23.6 Å². The van der Waals surface area contributed by atoms with Crippen LogP contribution in [-0.2, 0) is 53.9 Å². The molecule has 4 aromatic rings. The highest BCUT2D eigenvalue weighted by Gasteiger charge is 2.67. The van der Waals surface area contributed by atoms with Crippen molar-refractivity contribution in [3.8, 4) is 17.1 Å². The van der Waals surface area contributed by atoms with Crippen LogP contribution in [0.3, 0.4) is 0 Å². The summed E-state index contributed by atoms with van der Waals surface area (Å²) in [6, 6.07) is 16.2. The third kappa shape index (κ3) is 8.45. The van der Waals surface area contributed by atoms with Gasteiger partial charge in [-0.1, -0.05) is 44.6 Å². The second-order valence-electron chi connectivity index (χ2n) is 22.9. The standard InChI is InChI=1S/C61H71N5O9/c1-7-60(73)37(3)74-35-49-51(60)31-53-57-41(33-66(53)58(49)72)30-46-48(54(70)21-20-52(46)62-57)34-64-25-27-65(28-26-64)55(71)11-9-8-10-24-63(6)42-15-12-39(13-16-42)47-32-59(5)50(22-23-61(59,36(2)67)75-38(4)68)45-18-14-40-29-43(69)17-19-44(40)56(45)47/h12-13,15-16,20-21,29-31,45,47,50,70,73H,3,7-11,14,17-19,22-28,32-35H2,1-2,4-6H3/t45-,47+,50-,59-,60+,61-/m0/s1. The Labute approximate surface area is 439 Å². The van der Waals surface area contributed by atoms with Crippen molar-refractivity contribution >= 4 is 40.0 Å². The largest absolute Gasteiger partial charge is 0.508 e. The van der Waals surface area contributed by atoms with E-state index in [-0.39, 0.29) is 58.9 Å². The molecule has 3 aliphatic heterocycles. The summed E-state index contributed by atoms with van der Waals surface area (Å²) in [5.74, 6) is 0.823. The predicted octanol–water partition coefficient (Wildman–Crippen LogP) is 8.90. The van der Waals surface area contributed by atoms with E-state index in [0.717, 1.165) is 73.7 Å². The summed E-state index contributed by atoms with van der Waals surface area (Å²) in [6.45, 7) is 15.3. The molecule has 3 fully saturated rings. The molecule has 2 aromatic heterocycles. The number of phenolic OH excluding ortho intramolecular Hbond substituents is 1. The summed E-state index contributed by atoms with van der Waals surface area (Å²) in [5.41, 5.74) is 7.54. The summed E-state index contributed by atoms with van der Waals surface area (Å²) in [6.07, 6.45) is 10.5. The monoisotopic (exact) mass is 1020 g/mol. The Hall–Kier alpha value is -6.38. The molecule has 0 unspecified atom stereocenters. The minimum Gasteiger partial charge on any atom is -0.508 e. The molecular weight excluding hydrogens is 947 g/mol. The van der Waals surface area contributed by atoms with Crippen molar-refractivity contribution in [1.29, 1.82) is 0 Å². The zero-order valence-electron chi connectivity index (χ0n) is 44.3. The number of aliphatic hydroxyl groups is 1. The molecule has 0 radical (unpaired) electrons. The number of benzene rings is 2. The first-order valence-corrected chi connectivity index (χ1v) is 27.4. The lowest BCUT2D eigenvalue weighted by Crippen LogP contribution is -2.57. The summed E-state index contributed by atoms with van der Waals surface area (Å²) in [5, 5.41) is 23.5. The third-order valence-corrected chi connectivity index (χ3v) is 18.9. The Morgan fingerprint density at radius 1 is 0.973 bits per heavy atom. The van der Waals surface area contributed by atoms with E-state index < -0.39 is 22.6 Å². The summed E-state index contributed by atoms with van der Waals surface area (Å²) < 4.78 is 13.5. The van der Waals surface area contributed by atoms with Gasteiger partial charge in [0.15, 0.2) is 17.2 Å². The van der Waals surface area contributed by atoms with Crippen LogP contribution in [0.2, 0.25) is 0 Å². The molecule has 14 nitrogen and oxygen atoms in total. The fraction of sp³-hybridized carbons (Fsp3) is 0.508. The first-order chi connectivity index (χ1) is 35.9. The normalized spacial score (nSPS) is 26.9. The quantitative estimate of drug-likeness (QED) is 0.0849. The van der Waals surface area contributed by atoms with Gasteiger partial charge in [-0.25, -0.2) is 4.98 Å². The lowest BCUT2D eigenvalue weighted by atomic mass is 9.50. The maximum absolute atomic E-state index is 13.8. The third-order valence-electron chi connectivity index (χ3n) is 18.9. The van der Waals surface area contributed by atoms with Crippen LogP contribution in [0.1, 0.15) is 138 Å². The number of nitrogens with zero attached hydrogens (tertiary/aromatic N) is 5. The number of ether oxygens (including phenoxy) is 2. The van der Waals surface area contributed by atoms with Crippen molar-refractivity contribution in [3.63, 3.8) is 0 Å². The number of unbranched alkanes of at least 4 members (excludes halogenated alkanes) is 2. The van der Waals surface area contributed by atoms with Crippen LogP contribution >= 0.6 is 0 Å². The van der Waals surface area contributed by atoms with Crippen molar-refractivity contribution in [1.82, 2.24) is 19.4 Å².